The molecular weight excluding hydrogens is 418 g/mol. The van der Waals surface area contributed by atoms with Gasteiger partial charge >= 0.3 is 5.97 Å². The van der Waals surface area contributed by atoms with E-state index in [-0.39, 0.29) is 38.1 Å². The normalized spacial score (nSPS) is 11.8. The molecule has 0 aliphatic carbocycles. The Morgan fingerprint density at radius 2 is 1.97 bits per heavy atom. The lowest BCUT2D eigenvalue weighted by atomic mass is 10.2. The number of esters is 1. The number of rotatable bonds is 8. The minimum Gasteiger partial charge on any atom is -0.465 e. The summed E-state index contributed by atoms with van der Waals surface area (Å²) in [5.41, 5.74) is 1.94. The van der Waals surface area contributed by atoms with Gasteiger partial charge in [0.05, 0.1) is 6.61 Å². The first-order valence-electron chi connectivity index (χ1n) is 9.73. The Balaban J connectivity index is 1.48. The number of fused-ring (bicyclic) bond motifs is 1. The molecule has 9 heteroatoms. The number of carbonyl (C=O) groups excluding carboxylic acids is 2. The molecule has 0 saturated heterocycles. The number of aromatic nitrogens is 1. The Labute approximate surface area is 183 Å². The molecule has 160 valence electrons. The molecule has 3 aromatic rings. The highest BCUT2D eigenvalue weighted by molar-refractivity contribution is 7.14. The fourth-order valence-electron chi connectivity index (χ4n) is 3.05. The molecule has 1 N–H and O–H groups in total. The molecule has 0 fully saturated rings. The Morgan fingerprint density at radius 3 is 2.77 bits per heavy atom. The lowest BCUT2D eigenvalue weighted by molar-refractivity contribution is -0.143. The zero-order valence-electron chi connectivity index (χ0n) is 16.9. The van der Waals surface area contributed by atoms with E-state index in [4.69, 9.17) is 14.2 Å². The van der Waals surface area contributed by atoms with Crippen LogP contribution in [0.5, 0.6) is 11.5 Å². The van der Waals surface area contributed by atoms with E-state index < -0.39 is 5.97 Å². The fourth-order valence-corrected chi connectivity index (χ4v) is 3.76. The lowest BCUT2D eigenvalue weighted by Gasteiger charge is -2.21. The van der Waals surface area contributed by atoms with Crippen LogP contribution >= 0.6 is 11.3 Å². The lowest BCUT2D eigenvalue weighted by Crippen LogP contribution is -2.36. The van der Waals surface area contributed by atoms with Crippen molar-refractivity contribution in [2.45, 2.75) is 13.5 Å². The summed E-state index contributed by atoms with van der Waals surface area (Å²) in [6, 6.07) is 14.9. The van der Waals surface area contributed by atoms with Crippen LogP contribution < -0.4 is 14.8 Å². The number of benzene rings is 2. The maximum Gasteiger partial charge on any atom is 0.325 e. The zero-order chi connectivity index (χ0) is 21.6. The maximum atomic E-state index is 13.1. The van der Waals surface area contributed by atoms with Gasteiger partial charge in [0.15, 0.2) is 16.6 Å². The summed E-state index contributed by atoms with van der Waals surface area (Å²) in [6.07, 6.45) is 0. The number of hydrogen-bond acceptors (Lipinski definition) is 8. The van der Waals surface area contributed by atoms with Crippen molar-refractivity contribution in [3.05, 3.63) is 65.2 Å². The van der Waals surface area contributed by atoms with E-state index >= 15 is 0 Å². The summed E-state index contributed by atoms with van der Waals surface area (Å²) < 4.78 is 15.7. The first-order valence-corrected chi connectivity index (χ1v) is 10.6. The van der Waals surface area contributed by atoms with Gasteiger partial charge in [-0.1, -0.05) is 30.3 Å². The smallest absolute Gasteiger partial charge is 0.325 e. The number of amides is 1. The molecule has 0 atom stereocenters. The van der Waals surface area contributed by atoms with Crippen molar-refractivity contribution in [3.63, 3.8) is 0 Å². The minimum atomic E-state index is -0.458. The summed E-state index contributed by atoms with van der Waals surface area (Å²) in [5.74, 6) is 0.546. The van der Waals surface area contributed by atoms with E-state index in [0.717, 1.165) is 11.3 Å². The monoisotopic (exact) mass is 439 g/mol. The first-order chi connectivity index (χ1) is 15.1. The van der Waals surface area contributed by atoms with Crippen LogP contribution in [0.15, 0.2) is 53.9 Å². The van der Waals surface area contributed by atoms with Gasteiger partial charge in [-0.2, -0.15) is 0 Å². The molecule has 0 unspecified atom stereocenters. The van der Waals surface area contributed by atoms with Crippen LogP contribution in [-0.2, 0) is 16.1 Å². The quantitative estimate of drug-likeness (QED) is 0.534. The average molecular weight is 439 g/mol. The molecule has 0 saturated carbocycles. The van der Waals surface area contributed by atoms with E-state index in [1.807, 2.05) is 48.5 Å². The molecule has 2 aromatic carbocycles. The van der Waals surface area contributed by atoms with E-state index in [0.29, 0.717) is 16.6 Å². The van der Waals surface area contributed by atoms with Gasteiger partial charge in [-0.05, 0) is 24.6 Å². The van der Waals surface area contributed by atoms with Crippen LogP contribution in [0.25, 0.3) is 0 Å². The molecule has 31 heavy (non-hydrogen) atoms. The van der Waals surface area contributed by atoms with Gasteiger partial charge in [-0.25, -0.2) is 4.98 Å². The van der Waals surface area contributed by atoms with Crippen molar-refractivity contribution in [2.24, 2.45) is 0 Å². The average Bonchev–Trinajstić information content (AvgIpc) is 3.43. The third kappa shape index (κ3) is 5.13. The second-order valence-corrected chi connectivity index (χ2v) is 7.54. The van der Waals surface area contributed by atoms with Crippen LogP contribution in [0.1, 0.15) is 23.0 Å². The van der Waals surface area contributed by atoms with Gasteiger partial charge in [-0.15, -0.1) is 11.3 Å². The number of nitrogens with zero attached hydrogens (tertiary/aromatic N) is 2. The summed E-state index contributed by atoms with van der Waals surface area (Å²) in [4.78, 5) is 31.0. The van der Waals surface area contributed by atoms with E-state index in [2.05, 4.69) is 10.3 Å². The Kier molecular flexibility index (Phi) is 6.32. The molecule has 0 bridgehead atoms. The van der Waals surface area contributed by atoms with Gasteiger partial charge in [0.25, 0.3) is 5.91 Å². The van der Waals surface area contributed by atoms with E-state index in [1.165, 1.54) is 16.2 Å². The third-order valence-electron chi connectivity index (χ3n) is 4.48. The second-order valence-electron chi connectivity index (χ2n) is 6.68. The predicted octanol–water partition coefficient (Wildman–Crippen LogP) is 3.82. The highest BCUT2D eigenvalue weighted by Gasteiger charge is 2.22. The summed E-state index contributed by atoms with van der Waals surface area (Å²) in [5, 5.41) is 5.39. The number of carbonyl (C=O) groups is 2. The molecule has 1 aliphatic heterocycles. The predicted molar refractivity (Wildman–Crippen MR) is 116 cm³/mol. The number of nitrogens with one attached hydrogen (secondary N) is 1. The van der Waals surface area contributed by atoms with Gasteiger partial charge in [-0.3, -0.25) is 9.59 Å². The van der Waals surface area contributed by atoms with Gasteiger partial charge in [0, 0.05) is 23.7 Å². The molecule has 4 rings (SSSR count). The SMILES string of the molecule is CCOC(=O)CN(Cc1ccccc1)C(=O)c1csc(Nc2ccc3c(c2)OCO3)n1. The van der Waals surface area contributed by atoms with Gasteiger partial charge in [0.2, 0.25) is 6.79 Å². The molecule has 0 spiro atoms. The summed E-state index contributed by atoms with van der Waals surface area (Å²) >= 11 is 1.30. The highest BCUT2D eigenvalue weighted by atomic mass is 32.1. The molecule has 0 radical (unpaired) electrons. The Bertz CT molecular complexity index is 1070. The number of anilines is 2. The van der Waals surface area contributed by atoms with Crippen LogP contribution in [0.2, 0.25) is 0 Å². The number of ether oxygens (including phenoxy) is 3. The van der Waals surface area contributed by atoms with Crippen molar-refractivity contribution in [1.82, 2.24) is 9.88 Å². The second kappa shape index (κ2) is 9.48. The standard InChI is InChI=1S/C22H21N3O5S/c1-2-28-20(26)12-25(11-15-6-4-3-5-7-15)21(27)17-13-31-22(24-17)23-16-8-9-18-19(10-16)30-14-29-18/h3-10,13H,2,11-12,14H2,1H3,(H,23,24). The molecule has 1 aromatic heterocycles. The summed E-state index contributed by atoms with van der Waals surface area (Å²) in [7, 11) is 0. The first kappa shape index (κ1) is 20.7. The van der Waals surface area contributed by atoms with Crippen molar-refractivity contribution < 1.29 is 23.8 Å². The maximum absolute atomic E-state index is 13.1. The van der Waals surface area contributed by atoms with Crippen molar-refractivity contribution in [3.8, 4) is 11.5 Å². The third-order valence-corrected chi connectivity index (χ3v) is 5.23. The van der Waals surface area contributed by atoms with Crippen molar-refractivity contribution in [2.75, 3.05) is 25.3 Å². The van der Waals surface area contributed by atoms with Crippen LogP contribution in [-0.4, -0.2) is 41.7 Å². The van der Waals surface area contributed by atoms with Gasteiger partial charge in [0.1, 0.15) is 12.2 Å². The number of hydrogen-bond donors (Lipinski definition) is 1. The largest absolute Gasteiger partial charge is 0.465 e. The van der Waals surface area contributed by atoms with Gasteiger partial charge < -0.3 is 24.4 Å². The molecule has 2 heterocycles. The van der Waals surface area contributed by atoms with E-state index in [1.54, 1.807) is 12.3 Å². The summed E-state index contributed by atoms with van der Waals surface area (Å²) in [6.45, 7) is 2.32. The molecule has 1 aliphatic rings. The van der Waals surface area contributed by atoms with Crippen LogP contribution in [0.4, 0.5) is 10.8 Å². The minimum absolute atomic E-state index is 0.149. The topological polar surface area (TPSA) is 90.0 Å². The zero-order valence-corrected chi connectivity index (χ0v) is 17.7. The molecular formula is C22H21N3O5S. The Hall–Kier alpha value is -3.59. The highest BCUT2D eigenvalue weighted by Crippen LogP contribution is 2.35. The van der Waals surface area contributed by atoms with Crippen LogP contribution in [0, 0.1) is 0 Å². The van der Waals surface area contributed by atoms with E-state index in [9.17, 15) is 9.59 Å². The van der Waals surface area contributed by atoms with Crippen molar-refractivity contribution >= 4 is 34.0 Å². The fraction of sp³-hybridized carbons (Fsp3) is 0.227. The Morgan fingerprint density at radius 1 is 1.16 bits per heavy atom. The number of thiazole rings is 1. The molecule has 1 amide bonds. The van der Waals surface area contributed by atoms with Crippen LogP contribution in [0.3, 0.4) is 0 Å². The van der Waals surface area contributed by atoms with Crippen molar-refractivity contribution in [1.29, 1.82) is 0 Å². The molecule has 8 nitrogen and oxygen atoms in total.